The molecule has 2 aromatic rings. The summed E-state index contributed by atoms with van der Waals surface area (Å²) in [6.45, 7) is 2.30. The highest BCUT2D eigenvalue weighted by Crippen LogP contribution is 2.50. The van der Waals surface area contributed by atoms with Crippen molar-refractivity contribution in [1.82, 2.24) is 20.4 Å². The highest BCUT2D eigenvalue weighted by molar-refractivity contribution is 6.32. The minimum absolute atomic E-state index is 0.0952. The van der Waals surface area contributed by atoms with E-state index in [0.29, 0.717) is 47.8 Å². The van der Waals surface area contributed by atoms with Crippen LogP contribution in [0.5, 0.6) is 0 Å². The molecular formula is C27H34ClN5O4. The highest BCUT2D eigenvalue weighted by atomic mass is 35.5. The predicted octanol–water partition coefficient (Wildman–Crippen LogP) is 5.05. The number of amides is 3. The van der Waals surface area contributed by atoms with Crippen molar-refractivity contribution in [2.24, 2.45) is 0 Å². The molecule has 2 heterocycles. The van der Waals surface area contributed by atoms with Gasteiger partial charge in [0, 0.05) is 41.1 Å². The number of anilines is 1. The first-order valence-electron chi connectivity index (χ1n) is 13.4. The average molecular weight is 528 g/mol. The van der Waals surface area contributed by atoms with Crippen molar-refractivity contribution in [3.05, 3.63) is 39.7 Å². The fourth-order valence-electron chi connectivity index (χ4n) is 5.62. The van der Waals surface area contributed by atoms with Crippen molar-refractivity contribution < 1.29 is 18.8 Å². The lowest BCUT2D eigenvalue weighted by molar-refractivity contribution is -0.125. The van der Waals surface area contributed by atoms with Gasteiger partial charge < -0.3 is 14.6 Å². The Hall–Kier alpha value is -2.94. The maximum atomic E-state index is 13.3. The number of carbonyl (C=O) groups excluding carboxylic acids is 3. The smallest absolute Gasteiger partial charge is 0.316 e. The molecule has 2 N–H and O–H groups in total. The fourth-order valence-corrected chi connectivity index (χ4v) is 5.90. The van der Waals surface area contributed by atoms with E-state index in [0.717, 1.165) is 36.8 Å². The highest BCUT2D eigenvalue weighted by Gasteiger charge is 2.47. The molecule has 1 aromatic carbocycles. The molecule has 10 heteroatoms. The van der Waals surface area contributed by atoms with Crippen LogP contribution in [0.15, 0.2) is 16.5 Å². The average Bonchev–Trinajstić information content (AvgIpc) is 3.35. The topological polar surface area (TPSA) is 117 Å². The van der Waals surface area contributed by atoms with Gasteiger partial charge in [-0.1, -0.05) is 48.8 Å². The standard InChI is InChI=1S/C27H34ClN5O4/c1-17(9-10-23(35)29-16-34)33-15-21-20(25(33)36)13-19(14-22(21)28)27(11-12-27)30-26-32-31-24(37-26)18-7-5-3-2-4-6-8-18/h13-14,16-18H,2-12,15H2,1H3,(H,30,32)(H,29,34,35). The number of hydrogen-bond acceptors (Lipinski definition) is 7. The normalized spacial score (nSPS) is 20.1. The summed E-state index contributed by atoms with van der Waals surface area (Å²) in [7, 11) is 0. The molecule has 1 unspecified atom stereocenters. The zero-order valence-electron chi connectivity index (χ0n) is 21.2. The number of hydrogen-bond donors (Lipinski definition) is 2. The summed E-state index contributed by atoms with van der Waals surface area (Å²) >= 11 is 6.69. The van der Waals surface area contributed by atoms with Crippen molar-refractivity contribution in [3.63, 3.8) is 0 Å². The van der Waals surface area contributed by atoms with Crippen LogP contribution in [0.25, 0.3) is 0 Å². The lowest BCUT2D eigenvalue weighted by Crippen LogP contribution is -2.34. The van der Waals surface area contributed by atoms with Gasteiger partial charge in [0.25, 0.3) is 5.91 Å². The molecule has 2 aliphatic carbocycles. The van der Waals surface area contributed by atoms with Gasteiger partial charge in [0.1, 0.15) is 0 Å². The van der Waals surface area contributed by atoms with Crippen LogP contribution in [-0.4, -0.2) is 39.4 Å². The summed E-state index contributed by atoms with van der Waals surface area (Å²) in [6.07, 6.45) is 11.2. The number of aromatic nitrogens is 2. The molecule has 1 aliphatic heterocycles. The summed E-state index contributed by atoms with van der Waals surface area (Å²) in [4.78, 5) is 37.1. The SMILES string of the molecule is CC(CCC(=O)NC=O)N1Cc2c(Cl)cc(C3(Nc4nnc(C5CCCCCCC5)o4)CC3)cc2C1=O. The van der Waals surface area contributed by atoms with Crippen molar-refractivity contribution in [3.8, 4) is 0 Å². The van der Waals surface area contributed by atoms with Gasteiger partial charge in [-0.2, -0.15) is 0 Å². The molecule has 2 saturated carbocycles. The van der Waals surface area contributed by atoms with E-state index in [1.165, 1.54) is 32.1 Å². The van der Waals surface area contributed by atoms with Crippen molar-refractivity contribution in [2.75, 3.05) is 5.32 Å². The van der Waals surface area contributed by atoms with Crippen molar-refractivity contribution >= 4 is 35.8 Å². The fraction of sp³-hybridized carbons (Fsp3) is 0.593. The third-order valence-electron chi connectivity index (χ3n) is 8.10. The lowest BCUT2D eigenvalue weighted by Gasteiger charge is -2.24. The maximum absolute atomic E-state index is 13.3. The minimum Gasteiger partial charge on any atom is -0.408 e. The van der Waals surface area contributed by atoms with Gasteiger partial charge in [0.2, 0.25) is 18.2 Å². The van der Waals surface area contributed by atoms with Crippen LogP contribution in [0.4, 0.5) is 6.01 Å². The molecule has 0 radical (unpaired) electrons. The molecule has 37 heavy (non-hydrogen) atoms. The van der Waals surface area contributed by atoms with Crippen LogP contribution >= 0.6 is 11.6 Å². The molecule has 2 fully saturated rings. The Balaban J connectivity index is 1.28. The summed E-state index contributed by atoms with van der Waals surface area (Å²) in [5.41, 5.74) is 1.96. The second-order valence-corrected chi connectivity index (χ2v) is 11.1. The van der Waals surface area contributed by atoms with Crippen LogP contribution in [0.1, 0.15) is 111 Å². The third-order valence-corrected chi connectivity index (χ3v) is 8.44. The van der Waals surface area contributed by atoms with E-state index in [1.807, 2.05) is 19.1 Å². The van der Waals surface area contributed by atoms with E-state index >= 15 is 0 Å². The van der Waals surface area contributed by atoms with Gasteiger partial charge >= 0.3 is 6.01 Å². The van der Waals surface area contributed by atoms with Gasteiger partial charge in [0.15, 0.2) is 0 Å². The van der Waals surface area contributed by atoms with Gasteiger partial charge in [-0.3, -0.25) is 19.7 Å². The van der Waals surface area contributed by atoms with Crippen molar-refractivity contribution in [1.29, 1.82) is 0 Å². The molecule has 3 aliphatic rings. The Morgan fingerprint density at radius 2 is 1.95 bits per heavy atom. The van der Waals surface area contributed by atoms with Crippen molar-refractivity contribution in [2.45, 2.75) is 102 Å². The van der Waals surface area contributed by atoms with E-state index in [1.54, 1.807) is 4.90 Å². The van der Waals surface area contributed by atoms with Gasteiger partial charge in [-0.15, -0.1) is 5.10 Å². The van der Waals surface area contributed by atoms with E-state index in [2.05, 4.69) is 20.8 Å². The van der Waals surface area contributed by atoms with Gasteiger partial charge in [-0.05, 0) is 56.7 Å². The summed E-state index contributed by atoms with van der Waals surface area (Å²) in [5.74, 6) is 0.589. The first-order chi connectivity index (χ1) is 17.9. The van der Waals surface area contributed by atoms with E-state index < -0.39 is 0 Å². The minimum atomic E-state index is -0.379. The second kappa shape index (κ2) is 10.8. The number of benzene rings is 1. The van der Waals surface area contributed by atoms with Crippen LogP contribution in [0, 0.1) is 0 Å². The Labute approximate surface area is 221 Å². The second-order valence-electron chi connectivity index (χ2n) is 10.7. The van der Waals surface area contributed by atoms with E-state index in [9.17, 15) is 14.4 Å². The number of rotatable bonds is 9. The number of imide groups is 1. The first kappa shape index (κ1) is 25.7. The maximum Gasteiger partial charge on any atom is 0.316 e. The summed E-state index contributed by atoms with van der Waals surface area (Å²) in [5, 5.41) is 14.8. The Kier molecular flexibility index (Phi) is 7.51. The number of carbonyl (C=O) groups is 3. The zero-order valence-corrected chi connectivity index (χ0v) is 22.0. The number of nitrogens with one attached hydrogen (secondary N) is 2. The quantitative estimate of drug-likeness (QED) is 0.438. The number of fused-ring (bicyclic) bond motifs is 1. The number of halogens is 1. The van der Waals surface area contributed by atoms with Crippen LogP contribution in [-0.2, 0) is 21.7 Å². The van der Waals surface area contributed by atoms with Crippen LogP contribution < -0.4 is 10.6 Å². The monoisotopic (exact) mass is 527 g/mol. The predicted molar refractivity (Wildman–Crippen MR) is 138 cm³/mol. The molecule has 1 atom stereocenters. The van der Waals surface area contributed by atoms with Crippen LogP contribution in [0.3, 0.4) is 0 Å². The lowest BCUT2D eigenvalue weighted by atomic mass is 9.91. The molecule has 1 aromatic heterocycles. The molecular weight excluding hydrogens is 494 g/mol. The Morgan fingerprint density at radius 1 is 1.22 bits per heavy atom. The summed E-state index contributed by atoms with van der Waals surface area (Å²) in [6, 6.07) is 4.11. The van der Waals surface area contributed by atoms with Crippen LogP contribution in [0.2, 0.25) is 5.02 Å². The summed E-state index contributed by atoms with van der Waals surface area (Å²) < 4.78 is 6.08. The molecule has 3 amide bonds. The molecule has 0 saturated heterocycles. The van der Waals surface area contributed by atoms with Gasteiger partial charge in [0.05, 0.1) is 5.54 Å². The van der Waals surface area contributed by atoms with E-state index in [4.69, 9.17) is 16.0 Å². The zero-order chi connectivity index (χ0) is 26.0. The molecule has 9 nitrogen and oxygen atoms in total. The van der Waals surface area contributed by atoms with Gasteiger partial charge in [-0.25, -0.2) is 0 Å². The first-order valence-corrected chi connectivity index (χ1v) is 13.8. The molecule has 0 spiro atoms. The van der Waals surface area contributed by atoms with E-state index in [-0.39, 0.29) is 29.8 Å². The Bertz CT molecular complexity index is 1170. The largest absolute Gasteiger partial charge is 0.408 e. The molecule has 198 valence electrons. The molecule has 5 rings (SSSR count). The number of nitrogens with zero attached hydrogens (tertiary/aromatic N) is 3. The molecule has 0 bridgehead atoms. The Morgan fingerprint density at radius 3 is 2.65 bits per heavy atom. The third kappa shape index (κ3) is 5.51.